The van der Waals surface area contributed by atoms with Gasteiger partial charge < -0.3 is 14.5 Å². The Labute approximate surface area is 187 Å². The van der Waals surface area contributed by atoms with Crippen molar-refractivity contribution in [3.8, 4) is 5.69 Å². The first kappa shape index (κ1) is 20.9. The van der Waals surface area contributed by atoms with Crippen molar-refractivity contribution in [1.29, 1.82) is 0 Å². The molecule has 4 heterocycles. The van der Waals surface area contributed by atoms with E-state index < -0.39 is 10.0 Å². The minimum absolute atomic E-state index is 0.290. The number of anilines is 2. The molecule has 0 unspecified atom stereocenters. The van der Waals surface area contributed by atoms with Crippen molar-refractivity contribution in [3.63, 3.8) is 0 Å². The molecule has 1 aromatic carbocycles. The van der Waals surface area contributed by atoms with Gasteiger partial charge in [0, 0.05) is 57.7 Å². The number of rotatable bonds is 5. The molecule has 5 rings (SSSR count). The van der Waals surface area contributed by atoms with Gasteiger partial charge in [-0.05, 0) is 30.3 Å². The number of aromatic nitrogens is 4. The number of ether oxygens (including phenoxy) is 1. The van der Waals surface area contributed by atoms with Gasteiger partial charge in [-0.1, -0.05) is 0 Å². The SMILES string of the molecule is O=S(=O)(c1ccc(-n2cccn2)cc1)N1CCN(c2cc(N3CCOCC3)ncn2)CC1. The van der Waals surface area contributed by atoms with Crippen molar-refractivity contribution < 1.29 is 13.2 Å². The van der Waals surface area contributed by atoms with E-state index in [4.69, 9.17) is 4.74 Å². The van der Waals surface area contributed by atoms with E-state index in [1.165, 1.54) is 4.31 Å². The smallest absolute Gasteiger partial charge is 0.243 e. The predicted octanol–water partition coefficient (Wildman–Crippen LogP) is 1.01. The monoisotopic (exact) mass is 455 g/mol. The highest BCUT2D eigenvalue weighted by atomic mass is 32.2. The van der Waals surface area contributed by atoms with Crippen LogP contribution in [0, 0.1) is 0 Å². The molecule has 32 heavy (non-hydrogen) atoms. The fraction of sp³-hybridized carbons (Fsp3) is 0.381. The van der Waals surface area contributed by atoms with Crippen molar-refractivity contribution in [2.24, 2.45) is 0 Å². The summed E-state index contributed by atoms with van der Waals surface area (Å²) in [5.74, 6) is 1.70. The van der Waals surface area contributed by atoms with Crippen molar-refractivity contribution in [2.45, 2.75) is 4.90 Å². The second kappa shape index (κ2) is 8.85. The summed E-state index contributed by atoms with van der Waals surface area (Å²) in [6, 6.07) is 10.6. The fourth-order valence-corrected chi connectivity index (χ4v) is 5.40. The van der Waals surface area contributed by atoms with Gasteiger partial charge in [-0.3, -0.25) is 0 Å². The van der Waals surface area contributed by atoms with Crippen LogP contribution in [0.15, 0.2) is 60.0 Å². The van der Waals surface area contributed by atoms with Crippen LogP contribution in [0.5, 0.6) is 0 Å². The zero-order valence-electron chi connectivity index (χ0n) is 17.6. The van der Waals surface area contributed by atoms with Gasteiger partial charge in [0.15, 0.2) is 0 Å². The van der Waals surface area contributed by atoms with E-state index in [0.717, 1.165) is 30.4 Å². The van der Waals surface area contributed by atoms with Gasteiger partial charge in [0.2, 0.25) is 10.0 Å². The molecular weight excluding hydrogens is 430 g/mol. The quantitative estimate of drug-likeness (QED) is 0.562. The molecule has 11 heteroatoms. The van der Waals surface area contributed by atoms with Crippen LogP contribution < -0.4 is 9.80 Å². The Hall–Kier alpha value is -3.02. The zero-order valence-corrected chi connectivity index (χ0v) is 18.4. The molecule has 10 nitrogen and oxygen atoms in total. The van der Waals surface area contributed by atoms with Gasteiger partial charge in [0.1, 0.15) is 18.0 Å². The highest BCUT2D eigenvalue weighted by molar-refractivity contribution is 7.89. The molecule has 0 amide bonds. The van der Waals surface area contributed by atoms with E-state index in [2.05, 4.69) is 24.9 Å². The number of sulfonamides is 1. The maximum absolute atomic E-state index is 13.1. The Morgan fingerprint density at radius 3 is 2.12 bits per heavy atom. The lowest BCUT2D eigenvalue weighted by Crippen LogP contribution is -2.49. The third-order valence-electron chi connectivity index (χ3n) is 5.78. The summed E-state index contributed by atoms with van der Waals surface area (Å²) in [5, 5.41) is 4.17. The van der Waals surface area contributed by atoms with E-state index in [1.807, 2.05) is 18.3 Å². The first-order valence-corrected chi connectivity index (χ1v) is 12.1. The van der Waals surface area contributed by atoms with Crippen molar-refractivity contribution in [1.82, 2.24) is 24.1 Å². The molecule has 3 aromatic rings. The minimum Gasteiger partial charge on any atom is -0.378 e. The lowest BCUT2D eigenvalue weighted by atomic mass is 10.3. The van der Waals surface area contributed by atoms with E-state index in [0.29, 0.717) is 44.3 Å². The van der Waals surface area contributed by atoms with Gasteiger partial charge in [-0.25, -0.2) is 23.1 Å². The highest BCUT2D eigenvalue weighted by Gasteiger charge is 2.29. The van der Waals surface area contributed by atoms with Gasteiger partial charge in [0.25, 0.3) is 0 Å². The third kappa shape index (κ3) is 4.18. The van der Waals surface area contributed by atoms with Crippen LogP contribution in [-0.2, 0) is 14.8 Å². The molecule has 0 aliphatic carbocycles. The first-order chi connectivity index (χ1) is 15.6. The van der Waals surface area contributed by atoms with Crippen LogP contribution in [0.4, 0.5) is 11.6 Å². The molecule has 2 aromatic heterocycles. The number of hydrogen-bond donors (Lipinski definition) is 0. The van der Waals surface area contributed by atoms with Crippen LogP contribution in [-0.4, -0.2) is 85.0 Å². The molecule has 0 atom stereocenters. The van der Waals surface area contributed by atoms with Crippen molar-refractivity contribution in [3.05, 3.63) is 55.1 Å². The Balaban J connectivity index is 1.25. The molecule has 0 radical (unpaired) electrons. The summed E-state index contributed by atoms with van der Waals surface area (Å²) in [7, 11) is -3.56. The zero-order chi connectivity index (χ0) is 22.0. The number of nitrogens with zero attached hydrogens (tertiary/aromatic N) is 7. The fourth-order valence-electron chi connectivity index (χ4n) is 3.97. The predicted molar refractivity (Wildman–Crippen MR) is 120 cm³/mol. The average Bonchev–Trinajstić information content (AvgIpc) is 3.40. The summed E-state index contributed by atoms with van der Waals surface area (Å²) in [4.78, 5) is 13.4. The lowest BCUT2D eigenvalue weighted by molar-refractivity contribution is 0.122. The Kier molecular flexibility index (Phi) is 5.77. The van der Waals surface area contributed by atoms with E-state index in [1.54, 1.807) is 41.5 Å². The molecule has 168 valence electrons. The summed E-state index contributed by atoms with van der Waals surface area (Å²) in [6.45, 7) is 4.95. The molecule has 2 aliphatic rings. The van der Waals surface area contributed by atoms with E-state index in [-0.39, 0.29) is 0 Å². The molecule has 0 saturated carbocycles. The molecule has 2 fully saturated rings. The Bertz CT molecular complexity index is 1140. The van der Waals surface area contributed by atoms with Gasteiger partial charge in [-0.2, -0.15) is 9.40 Å². The maximum atomic E-state index is 13.1. The molecule has 2 saturated heterocycles. The average molecular weight is 456 g/mol. The third-order valence-corrected chi connectivity index (χ3v) is 7.69. The van der Waals surface area contributed by atoms with Crippen molar-refractivity contribution >= 4 is 21.7 Å². The van der Waals surface area contributed by atoms with Crippen LogP contribution in [0.1, 0.15) is 0 Å². The molecule has 0 spiro atoms. The standard InChI is InChI=1S/C21H25N7O3S/c29-32(30,19-4-2-18(3-5-19)28-7-1-6-24-28)27-10-8-25(9-11-27)20-16-21(23-17-22-20)26-12-14-31-15-13-26/h1-7,16-17H,8-15H2. The number of morpholine rings is 1. The topological polar surface area (TPSA) is 96.7 Å². The first-order valence-electron chi connectivity index (χ1n) is 10.6. The summed E-state index contributed by atoms with van der Waals surface area (Å²) >= 11 is 0. The summed E-state index contributed by atoms with van der Waals surface area (Å²) < 4.78 is 34.9. The van der Waals surface area contributed by atoms with Gasteiger partial charge in [-0.15, -0.1) is 0 Å². The van der Waals surface area contributed by atoms with Crippen molar-refractivity contribution in [2.75, 3.05) is 62.3 Å². The largest absolute Gasteiger partial charge is 0.378 e. The lowest BCUT2D eigenvalue weighted by Gasteiger charge is -2.35. The summed E-state index contributed by atoms with van der Waals surface area (Å²) in [5.41, 5.74) is 0.818. The Morgan fingerprint density at radius 1 is 0.844 bits per heavy atom. The molecular formula is C21H25N7O3S. The Morgan fingerprint density at radius 2 is 1.50 bits per heavy atom. The van der Waals surface area contributed by atoms with E-state index >= 15 is 0 Å². The molecule has 0 bridgehead atoms. The minimum atomic E-state index is -3.56. The molecule has 0 N–H and O–H groups in total. The number of hydrogen-bond acceptors (Lipinski definition) is 8. The second-order valence-electron chi connectivity index (χ2n) is 7.67. The van der Waals surface area contributed by atoms with Crippen LogP contribution >= 0.6 is 0 Å². The summed E-state index contributed by atoms with van der Waals surface area (Å²) in [6.07, 6.45) is 5.08. The highest BCUT2D eigenvalue weighted by Crippen LogP contribution is 2.23. The van der Waals surface area contributed by atoms with Gasteiger partial charge in [0.05, 0.1) is 23.8 Å². The van der Waals surface area contributed by atoms with E-state index in [9.17, 15) is 8.42 Å². The number of piperazine rings is 1. The normalized spacial score (nSPS) is 18.1. The second-order valence-corrected chi connectivity index (χ2v) is 9.61. The number of benzene rings is 1. The van der Waals surface area contributed by atoms with Crippen LogP contribution in [0.2, 0.25) is 0 Å². The van der Waals surface area contributed by atoms with Gasteiger partial charge >= 0.3 is 0 Å². The maximum Gasteiger partial charge on any atom is 0.243 e. The molecule has 2 aliphatic heterocycles. The van der Waals surface area contributed by atoms with Crippen LogP contribution in [0.3, 0.4) is 0 Å². The van der Waals surface area contributed by atoms with Crippen LogP contribution in [0.25, 0.3) is 5.69 Å².